The Bertz CT molecular complexity index is 821. The molecule has 25 heavy (non-hydrogen) atoms. The van der Waals surface area contributed by atoms with Crippen LogP contribution in [0.2, 0.25) is 0 Å². The highest BCUT2D eigenvalue weighted by molar-refractivity contribution is 7.19. The standard InChI is InChI=1S/C18H23N5OS/c1-13-10-22-23(12-13)8-7-20-18(19-2)21-11-15(24)17-9-14-5-3-4-6-16(14)25-17/h3-6,9-10,12,15,24H,7-8,11H2,1-2H3,(H2,19,20,21). The van der Waals surface area contributed by atoms with Gasteiger partial charge in [0.15, 0.2) is 5.96 Å². The smallest absolute Gasteiger partial charge is 0.191 e. The number of aliphatic imine (C=N–C) groups is 1. The SMILES string of the molecule is CN=C(NCCn1cc(C)cn1)NCC(O)c1cc2ccccc2s1. The Balaban J connectivity index is 1.48. The molecule has 1 aromatic carbocycles. The van der Waals surface area contributed by atoms with Crippen LogP contribution in [0.15, 0.2) is 47.7 Å². The van der Waals surface area contributed by atoms with E-state index in [0.717, 1.165) is 17.0 Å². The molecular formula is C18H23N5OS. The van der Waals surface area contributed by atoms with Crippen LogP contribution in [-0.4, -0.2) is 41.0 Å². The zero-order chi connectivity index (χ0) is 17.6. The predicted octanol–water partition coefficient (Wildman–Crippen LogP) is 2.30. The van der Waals surface area contributed by atoms with Gasteiger partial charge in [0.05, 0.1) is 12.7 Å². The Morgan fingerprint density at radius 3 is 2.92 bits per heavy atom. The Labute approximate surface area is 151 Å². The summed E-state index contributed by atoms with van der Waals surface area (Å²) in [4.78, 5) is 5.14. The van der Waals surface area contributed by atoms with E-state index in [9.17, 15) is 5.11 Å². The number of guanidine groups is 1. The van der Waals surface area contributed by atoms with E-state index < -0.39 is 6.10 Å². The molecule has 0 bridgehead atoms. The van der Waals surface area contributed by atoms with Gasteiger partial charge in [-0.15, -0.1) is 11.3 Å². The molecule has 0 aliphatic rings. The number of nitrogens with one attached hydrogen (secondary N) is 2. The first-order chi connectivity index (χ1) is 12.2. The van der Waals surface area contributed by atoms with E-state index in [1.807, 2.05) is 42.2 Å². The lowest BCUT2D eigenvalue weighted by Crippen LogP contribution is -2.40. The molecule has 0 saturated heterocycles. The number of aryl methyl sites for hydroxylation is 1. The molecule has 0 aliphatic carbocycles. The minimum absolute atomic E-state index is 0.410. The normalized spacial score (nSPS) is 13.2. The number of aliphatic hydroxyl groups is 1. The van der Waals surface area contributed by atoms with E-state index in [1.165, 1.54) is 10.1 Å². The number of nitrogens with zero attached hydrogens (tertiary/aromatic N) is 3. The number of thiophene rings is 1. The minimum Gasteiger partial charge on any atom is -0.386 e. The van der Waals surface area contributed by atoms with Gasteiger partial charge in [0, 0.05) is 35.9 Å². The molecule has 0 spiro atoms. The van der Waals surface area contributed by atoms with E-state index >= 15 is 0 Å². The number of hydrogen-bond donors (Lipinski definition) is 3. The molecule has 0 saturated carbocycles. The number of benzene rings is 1. The van der Waals surface area contributed by atoms with Crippen LogP contribution in [0.5, 0.6) is 0 Å². The lowest BCUT2D eigenvalue weighted by atomic mass is 10.2. The van der Waals surface area contributed by atoms with Crippen molar-refractivity contribution < 1.29 is 5.11 Å². The summed E-state index contributed by atoms with van der Waals surface area (Å²) in [5.41, 5.74) is 1.15. The van der Waals surface area contributed by atoms with Crippen LogP contribution in [-0.2, 0) is 6.54 Å². The van der Waals surface area contributed by atoms with Gasteiger partial charge in [0.1, 0.15) is 6.10 Å². The molecular weight excluding hydrogens is 334 g/mol. The molecule has 2 aromatic heterocycles. The highest BCUT2D eigenvalue weighted by atomic mass is 32.1. The van der Waals surface area contributed by atoms with E-state index in [0.29, 0.717) is 19.0 Å². The van der Waals surface area contributed by atoms with E-state index in [4.69, 9.17) is 0 Å². The summed E-state index contributed by atoms with van der Waals surface area (Å²) in [6, 6.07) is 10.2. The third-order valence-electron chi connectivity index (χ3n) is 3.86. The van der Waals surface area contributed by atoms with Crippen molar-refractivity contribution in [1.29, 1.82) is 0 Å². The average molecular weight is 357 g/mol. The molecule has 132 valence electrons. The van der Waals surface area contributed by atoms with E-state index in [1.54, 1.807) is 18.4 Å². The van der Waals surface area contributed by atoms with Crippen molar-refractivity contribution in [2.75, 3.05) is 20.1 Å². The minimum atomic E-state index is -0.565. The number of aliphatic hydroxyl groups excluding tert-OH is 1. The monoisotopic (exact) mass is 357 g/mol. The van der Waals surface area contributed by atoms with Gasteiger partial charge in [-0.1, -0.05) is 18.2 Å². The van der Waals surface area contributed by atoms with Gasteiger partial charge in [0.2, 0.25) is 0 Å². The number of fused-ring (bicyclic) bond motifs is 1. The highest BCUT2D eigenvalue weighted by Crippen LogP contribution is 2.29. The van der Waals surface area contributed by atoms with Crippen molar-refractivity contribution in [3.05, 3.63) is 53.2 Å². The fraction of sp³-hybridized carbons (Fsp3) is 0.333. The lowest BCUT2D eigenvalue weighted by Gasteiger charge is -2.14. The van der Waals surface area contributed by atoms with Crippen LogP contribution in [0, 0.1) is 6.92 Å². The van der Waals surface area contributed by atoms with Crippen LogP contribution in [0.3, 0.4) is 0 Å². The Hall–Kier alpha value is -2.38. The first-order valence-electron chi connectivity index (χ1n) is 8.26. The molecule has 1 atom stereocenters. The van der Waals surface area contributed by atoms with Gasteiger partial charge in [0.25, 0.3) is 0 Å². The zero-order valence-corrected chi connectivity index (χ0v) is 15.3. The van der Waals surface area contributed by atoms with Crippen molar-refractivity contribution in [2.45, 2.75) is 19.6 Å². The quantitative estimate of drug-likeness (QED) is 0.467. The molecule has 3 N–H and O–H groups in total. The van der Waals surface area contributed by atoms with Crippen LogP contribution in [0.1, 0.15) is 16.5 Å². The van der Waals surface area contributed by atoms with Gasteiger partial charge >= 0.3 is 0 Å². The summed E-state index contributed by atoms with van der Waals surface area (Å²) in [5.74, 6) is 0.670. The second-order valence-electron chi connectivity index (χ2n) is 5.86. The molecule has 3 rings (SSSR count). The van der Waals surface area contributed by atoms with Crippen molar-refractivity contribution in [2.24, 2.45) is 4.99 Å². The molecule has 0 fully saturated rings. The molecule has 3 aromatic rings. The predicted molar refractivity (Wildman–Crippen MR) is 103 cm³/mol. The fourth-order valence-corrected chi connectivity index (χ4v) is 3.61. The first-order valence-corrected chi connectivity index (χ1v) is 9.07. The first kappa shape index (κ1) is 17.4. The van der Waals surface area contributed by atoms with Crippen molar-refractivity contribution >= 4 is 27.4 Å². The van der Waals surface area contributed by atoms with Crippen LogP contribution in [0.4, 0.5) is 0 Å². The third-order valence-corrected chi connectivity index (χ3v) is 5.07. The molecule has 0 radical (unpaired) electrons. The summed E-state index contributed by atoms with van der Waals surface area (Å²) in [7, 11) is 1.72. The molecule has 2 heterocycles. The molecule has 0 aliphatic heterocycles. The van der Waals surface area contributed by atoms with Crippen molar-refractivity contribution in [3.63, 3.8) is 0 Å². The average Bonchev–Trinajstić information content (AvgIpc) is 3.23. The Morgan fingerprint density at radius 1 is 1.36 bits per heavy atom. The maximum Gasteiger partial charge on any atom is 0.191 e. The van der Waals surface area contributed by atoms with Gasteiger partial charge in [-0.25, -0.2) is 0 Å². The maximum absolute atomic E-state index is 10.4. The van der Waals surface area contributed by atoms with Crippen LogP contribution >= 0.6 is 11.3 Å². The van der Waals surface area contributed by atoms with Crippen molar-refractivity contribution in [3.8, 4) is 0 Å². The highest BCUT2D eigenvalue weighted by Gasteiger charge is 2.12. The second kappa shape index (κ2) is 8.13. The molecule has 7 heteroatoms. The topological polar surface area (TPSA) is 74.5 Å². The Morgan fingerprint density at radius 2 is 2.20 bits per heavy atom. The summed E-state index contributed by atoms with van der Waals surface area (Å²) in [5, 5.41) is 22.2. The van der Waals surface area contributed by atoms with Crippen molar-refractivity contribution in [1.82, 2.24) is 20.4 Å². The van der Waals surface area contributed by atoms with E-state index in [2.05, 4.69) is 32.9 Å². The molecule has 0 amide bonds. The summed E-state index contributed by atoms with van der Waals surface area (Å²) >= 11 is 1.62. The molecule has 1 unspecified atom stereocenters. The number of rotatable bonds is 6. The Kier molecular flexibility index (Phi) is 5.67. The fourth-order valence-electron chi connectivity index (χ4n) is 2.56. The van der Waals surface area contributed by atoms with Crippen LogP contribution in [0.25, 0.3) is 10.1 Å². The largest absolute Gasteiger partial charge is 0.386 e. The maximum atomic E-state index is 10.4. The van der Waals surface area contributed by atoms with Gasteiger partial charge in [-0.05, 0) is 30.0 Å². The zero-order valence-electron chi connectivity index (χ0n) is 14.4. The third kappa shape index (κ3) is 4.58. The number of hydrogen-bond acceptors (Lipinski definition) is 4. The van der Waals surface area contributed by atoms with E-state index in [-0.39, 0.29) is 0 Å². The molecule has 6 nitrogen and oxygen atoms in total. The summed E-state index contributed by atoms with van der Waals surface area (Å²) in [6.45, 7) is 3.90. The van der Waals surface area contributed by atoms with Crippen LogP contribution < -0.4 is 10.6 Å². The van der Waals surface area contributed by atoms with Gasteiger partial charge < -0.3 is 15.7 Å². The van der Waals surface area contributed by atoms with Gasteiger partial charge in [-0.3, -0.25) is 9.67 Å². The summed E-state index contributed by atoms with van der Waals surface area (Å²) < 4.78 is 3.08. The lowest BCUT2D eigenvalue weighted by molar-refractivity contribution is 0.184. The number of aromatic nitrogens is 2. The van der Waals surface area contributed by atoms with Gasteiger partial charge in [-0.2, -0.15) is 5.10 Å². The second-order valence-corrected chi connectivity index (χ2v) is 6.98. The summed E-state index contributed by atoms with van der Waals surface area (Å²) in [6.07, 6.45) is 3.28.